The number of rotatable bonds is 6. The molecule has 1 heterocycles. The first-order valence-corrected chi connectivity index (χ1v) is 11.5. The molecule has 3 rings (SSSR count). The highest BCUT2D eigenvalue weighted by Gasteiger charge is 2.30. The summed E-state index contributed by atoms with van der Waals surface area (Å²) in [5.74, 6) is 1.05. The third-order valence-electron chi connectivity index (χ3n) is 5.34. The summed E-state index contributed by atoms with van der Waals surface area (Å²) in [5.41, 5.74) is 2.43. The number of sulfonamides is 1. The maximum absolute atomic E-state index is 13.0. The lowest BCUT2D eigenvalue weighted by Gasteiger charge is -2.33. The normalized spacial score (nSPS) is 15.3. The molecule has 31 heavy (non-hydrogen) atoms. The molecule has 0 unspecified atom stereocenters. The van der Waals surface area contributed by atoms with Crippen molar-refractivity contribution in [3.63, 3.8) is 0 Å². The zero-order valence-corrected chi connectivity index (χ0v) is 19.1. The zero-order chi connectivity index (χ0) is 22.6. The van der Waals surface area contributed by atoms with Crippen molar-refractivity contribution in [1.29, 1.82) is 0 Å². The van der Waals surface area contributed by atoms with E-state index in [1.54, 1.807) is 50.3 Å². The summed E-state index contributed by atoms with van der Waals surface area (Å²) < 4.78 is 38.0. The van der Waals surface area contributed by atoms with Crippen molar-refractivity contribution < 1.29 is 22.7 Å². The van der Waals surface area contributed by atoms with Crippen LogP contribution in [0, 0.1) is 13.8 Å². The van der Waals surface area contributed by atoms with Crippen LogP contribution in [-0.2, 0) is 14.8 Å². The van der Waals surface area contributed by atoms with E-state index in [9.17, 15) is 13.2 Å². The molecular formula is C23H28N2O5S. The summed E-state index contributed by atoms with van der Waals surface area (Å²) in [5, 5.41) is 0. The standard InChI is InChI=1S/C23H28N2O5S/c1-17-5-6-18(2)22(15-17)31(27,28)25-13-11-24(12-14-25)23(26)10-8-19-7-9-20(29-3)21(16-19)30-4/h5-10,15-16H,11-14H2,1-4H3/b10-8+. The van der Waals surface area contributed by atoms with Gasteiger partial charge >= 0.3 is 0 Å². The molecule has 1 saturated heterocycles. The minimum Gasteiger partial charge on any atom is -0.493 e. The molecule has 1 fully saturated rings. The van der Waals surface area contributed by atoms with Gasteiger partial charge in [-0.1, -0.05) is 18.2 Å². The zero-order valence-electron chi connectivity index (χ0n) is 18.3. The minimum absolute atomic E-state index is 0.154. The Kier molecular flexibility index (Phi) is 7.02. The van der Waals surface area contributed by atoms with Crippen LogP contribution >= 0.6 is 0 Å². The van der Waals surface area contributed by atoms with Crippen molar-refractivity contribution >= 4 is 22.0 Å². The Labute approximate surface area is 183 Å². The topological polar surface area (TPSA) is 76.2 Å². The third-order valence-corrected chi connectivity index (χ3v) is 7.38. The second kappa shape index (κ2) is 9.53. The Hall–Kier alpha value is -2.84. The molecule has 7 nitrogen and oxygen atoms in total. The summed E-state index contributed by atoms with van der Waals surface area (Å²) in [7, 11) is -0.458. The molecular weight excluding hydrogens is 416 g/mol. The quantitative estimate of drug-likeness (QED) is 0.641. The number of methoxy groups -OCH3 is 2. The number of piperazine rings is 1. The molecule has 2 aromatic rings. The van der Waals surface area contributed by atoms with Crippen molar-refractivity contribution in [3.05, 3.63) is 59.2 Å². The van der Waals surface area contributed by atoms with Crippen molar-refractivity contribution in [2.75, 3.05) is 40.4 Å². The number of carbonyl (C=O) groups is 1. The Morgan fingerprint density at radius 2 is 1.61 bits per heavy atom. The highest BCUT2D eigenvalue weighted by Crippen LogP contribution is 2.28. The second-order valence-electron chi connectivity index (χ2n) is 7.45. The van der Waals surface area contributed by atoms with Crippen LogP contribution in [0.2, 0.25) is 0 Å². The predicted molar refractivity (Wildman–Crippen MR) is 120 cm³/mol. The summed E-state index contributed by atoms with van der Waals surface area (Å²) in [6.07, 6.45) is 3.21. The Balaban J connectivity index is 1.65. The van der Waals surface area contributed by atoms with Crippen LogP contribution in [0.15, 0.2) is 47.4 Å². The van der Waals surface area contributed by atoms with Crippen molar-refractivity contribution in [2.24, 2.45) is 0 Å². The van der Waals surface area contributed by atoms with Crippen molar-refractivity contribution in [1.82, 2.24) is 9.21 Å². The molecule has 8 heteroatoms. The Morgan fingerprint density at radius 1 is 0.935 bits per heavy atom. The second-order valence-corrected chi connectivity index (χ2v) is 9.35. The van der Waals surface area contributed by atoms with E-state index in [1.807, 2.05) is 25.1 Å². The maximum Gasteiger partial charge on any atom is 0.246 e. The molecule has 1 aliphatic heterocycles. The van der Waals surface area contributed by atoms with E-state index in [0.717, 1.165) is 16.7 Å². The van der Waals surface area contributed by atoms with Gasteiger partial charge in [0.25, 0.3) is 0 Å². The molecule has 1 aliphatic rings. The van der Waals surface area contributed by atoms with Gasteiger partial charge in [0.1, 0.15) is 0 Å². The average molecular weight is 445 g/mol. The number of ether oxygens (including phenoxy) is 2. The summed E-state index contributed by atoms with van der Waals surface area (Å²) in [6.45, 7) is 4.90. The first-order chi connectivity index (χ1) is 14.8. The van der Waals surface area contributed by atoms with Crippen LogP contribution in [0.3, 0.4) is 0 Å². The van der Waals surface area contributed by atoms with Gasteiger partial charge in [-0.05, 0) is 54.8 Å². The van der Waals surface area contributed by atoms with Gasteiger partial charge in [-0.3, -0.25) is 4.79 Å². The number of carbonyl (C=O) groups excluding carboxylic acids is 1. The largest absolute Gasteiger partial charge is 0.493 e. The van der Waals surface area contributed by atoms with E-state index in [0.29, 0.717) is 29.5 Å². The Bertz CT molecular complexity index is 1090. The van der Waals surface area contributed by atoms with Gasteiger partial charge in [-0.15, -0.1) is 0 Å². The number of benzene rings is 2. The van der Waals surface area contributed by atoms with E-state index in [2.05, 4.69) is 0 Å². The lowest BCUT2D eigenvalue weighted by atomic mass is 10.2. The maximum atomic E-state index is 13.0. The van der Waals surface area contributed by atoms with Gasteiger partial charge in [0, 0.05) is 32.3 Å². The lowest BCUT2D eigenvalue weighted by Crippen LogP contribution is -2.50. The number of nitrogens with zero attached hydrogens (tertiary/aromatic N) is 2. The van der Waals surface area contributed by atoms with Gasteiger partial charge in [0.15, 0.2) is 11.5 Å². The highest BCUT2D eigenvalue weighted by molar-refractivity contribution is 7.89. The number of amides is 1. The van der Waals surface area contributed by atoms with Gasteiger partial charge in [-0.2, -0.15) is 4.31 Å². The average Bonchev–Trinajstić information content (AvgIpc) is 2.78. The highest BCUT2D eigenvalue weighted by atomic mass is 32.2. The summed E-state index contributed by atoms with van der Waals surface area (Å²) in [4.78, 5) is 14.6. The van der Waals surface area contributed by atoms with Crippen LogP contribution in [0.1, 0.15) is 16.7 Å². The molecule has 0 spiro atoms. The minimum atomic E-state index is -3.58. The fourth-order valence-electron chi connectivity index (χ4n) is 3.50. The van der Waals surface area contributed by atoms with Gasteiger partial charge in [-0.25, -0.2) is 8.42 Å². The third kappa shape index (κ3) is 5.08. The molecule has 0 radical (unpaired) electrons. The molecule has 1 amide bonds. The van der Waals surface area contributed by atoms with Gasteiger partial charge in [0.2, 0.25) is 15.9 Å². The van der Waals surface area contributed by atoms with Crippen LogP contribution in [0.5, 0.6) is 11.5 Å². The fourth-order valence-corrected chi connectivity index (χ4v) is 5.23. The van der Waals surface area contributed by atoms with Gasteiger partial charge < -0.3 is 14.4 Å². The first kappa shape index (κ1) is 22.8. The lowest BCUT2D eigenvalue weighted by molar-refractivity contribution is -0.127. The van der Waals surface area contributed by atoms with Crippen LogP contribution in [0.25, 0.3) is 6.08 Å². The predicted octanol–water partition coefficient (Wildman–Crippen LogP) is 2.87. The van der Waals surface area contributed by atoms with Crippen molar-refractivity contribution in [2.45, 2.75) is 18.7 Å². The molecule has 0 aliphatic carbocycles. The Morgan fingerprint density at radius 3 is 2.26 bits per heavy atom. The van der Waals surface area contributed by atoms with Gasteiger partial charge in [0.05, 0.1) is 19.1 Å². The van der Waals surface area contributed by atoms with E-state index >= 15 is 0 Å². The monoisotopic (exact) mass is 444 g/mol. The molecule has 2 aromatic carbocycles. The van der Waals surface area contributed by atoms with E-state index in [-0.39, 0.29) is 19.0 Å². The first-order valence-electron chi connectivity index (χ1n) is 10.0. The molecule has 0 bridgehead atoms. The van der Waals surface area contributed by atoms with Crippen molar-refractivity contribution in [3.8, 4) is 11.5 Å². The molecule has 0 saturated carbocycles. The van der Waals surface area contributed by atoms with Crippen LogP contribution < -0.4 is 9.47 Å². The molecule has 0 N–H and O–H groups in total. The molecule has 166 valence electrons. The van der Waals surface area contributed by atoms with Crippen LogP contribution in [0.4, 0.5) is 0 Å². The smallest absolute Gasteiger partial charge is 0.246 e. The number of hydrogen-bond donors (Lipinski definition) is 0. The SMILES string of the molecule is COc1ccc(/C=C/C(=O)N2CCN(S(=O)(=O)c3cc(C)ccc3C)CC2)cc1OC. The van der Waals surface area contributed by atoms with E-state index < -0.39 is 10.0 Å². The summed E-state index contributed by atoms with van der Waals surface area (Å²) in [6, 6.07) is 10.8. The number of hydrogen-bond acceptors (Lipinski definition) is 5. The molecule has 0 aromatic heterocycles. The van der Waals surface area contributed by atoms with Crippen LogP contribution in [-0.4, -0.2) is 63.9 Å². The summed E-state index contributed by atoms with van der Waals surface area (Å²) >= 11 is 0. The van der Waals surface area contributed by atoms with E-state index in [4.69, 9.17) is 9.47 Å². The fraction of sp³-hybridized carbons (Fsp3) is 0.348. The number of aryl methyl sites for hydroxylation is 2. The van der Waals surface area contributed by atoms with E-state index in [1.165, 1.54) is 10.4 Å². The molecule has 0 atom stereocenters.